The molecule has 1 atom stereocenters. The van der Waals surface area contributed by atoms with Crippen molar-refractivity contribution < 1.29 is 23.1 Å². The molecular weight excluding hydrogens is 520 g/mol. The lowest BCUT2D eigenvalue weighted by molar-refractivity contribution is -0.122. The minimum atomic E-state index is -1.08. The summed E-state index contributed by atoms with van der Waals surface area (Å²) in [6.07, 6.45) is 5.12. The molecule has 12 heteroatoms. The number of methoxy groups -OCH3 is 1. The lowest BCUT2D eigenvalue weighted by atomic mass is 10.0. The van der Waals surface area contributed by atoms with Gasteiger partial charge in [0, 0.05) is 42.3 Å². The van der Waals surface area contributed by atoms with E-state index in [1.807, 2.05) is 13.0 Å². The highest BCUT2D eigenvalue weighted by Gasteiger charge is 2.20. The molecule has 2 amide bonds. The molecule has 0 aliphatic heterocycles. The van der Waals surface area contributed by atoms with Crippen LogP contribution in [0.2, 0.25) is 0 Å². The Labute approximate surface area is 230 Å². The third-order valence-electron chi connectivity index (χ3n) is 6.38. The fraction of sp³-hybridized carbons (Fsp3) is 0.286. The zero-order chi connectivity index (χ0) is 28.8. The second kappa shape index (κ2) is 12.5. The largest absolute Gasteiger partial charge is 0.494 e. The number of carbonyl (C=O) groups is 2. The number of anilines is 2. The van der Waals surface area contributed by atoms with Gasteiger partial charge in [0.25, 0.3) is 5.91 Å². The van der Waals surface area contributed by atoms with Gasteiger partial charge in [0.15, 0.2) is 23.0 Å². The molecule has 2 heterocycles. The Morgan fingerprint density at radius 2 is 1.90 bits per heavy atom. The van der Waals surface area contributed by atoms with Crippen LogP contribution in [0.3, 0.4) is 0 Å². The number of likely N-dealkylation sites (N-methyl/N-ethyl adjacent to an activating group) is 1. The first-order valence-corrected chi connectivity index (χ1v) is 12.8. The lowest BCUT2D eigenvalue weighted by Gasteiger charge is -2.16. The monoisotopic (exact) mass is 551 g/mol. The summed E-state index contributed by atoms with van der Waals surface area (Å²) in [6.45, 7) is 4.64. The van der Waals surface area contributed by atoms with E-state index in [1.54, 1.807) is 36.7 Å². The maximum Gasteiger partial charge on any atom is 0.252 e. The van der Waals surface area contributed by atoms with Crippen LogP contribution < -0.4 is 26.0 Å². The predicted molar refractivity (Wildman–Crippen MR) is 148 cm³/mol. The fourth-order valence-electron chi connectivity index (χ4n) is 4.22. The van der Waals surface area contributed by atoms with Gasteiger partial charge >= 0.3 is 0 Å². The van der Waals surface area contributed by atoms with Crippen molar-refractivity contribution in [3.05, 3.63) is 71.7 Å². The number of aryl methyl sites for hydroxylation is 1. The summed E-state index contributed by atoms with van der Waals surface area (Å²) in [5.74, 6) is -2.55. The Bertz CT molecular complexity index is 1540. The van der Waals surface area contributed by atoms with E-state index in [0.29, 0.717) is 47.9 Å². The minimum Gasteiger partial charge on any atom is -0.494 e. The number of rotatable bonds is 11. The SMILES string of the molecule is CCc1cc(Nc2nccn3c(-c4ccc(OC)c(F)c4F)cnc23)ccc1C(=O)N[C@@H](C)C(=O)NCCNC. The summed E-state index contributed by atoms with van der Waals surface area (Å²) in [5, 5.41) is 11.6. The number of benzene rings is 2. The van der Waals surface area contributed by atoms with E-state index in [0.717, 1.165) is 5.56 Å². The van der Waals surface area contributed by atoms with Crippen LogP contribution in [-0.4, -0.2) is 59.5 Å². The van der Waals surface area contributed by atoms with Crippen LogP contribution >= 0.6 is 0 Å². The molecular formula is C28H31F2N7O3. The molecule has 0 radical (unpaired) electrons. The number of imidazole rings is 1. The maximum absolute atomic E-state index is 14.8. The number of aromatic nitrogens is 3. The highest BCUT2D eigenvalue weighted by atomic mass is 19.2. The second-order valence-electron chi connectivity index (χ2n) is 9.00. The first kappa shape index (κ1) is 28.4. The van der Waals surface area contributed by atoms with Gasteiger partial charge in [-0.2, -0.15) is 4.39 Å². The Balaban J connectivity index is 1.56. The molecule has 0 saturated heterocycles. The van der Waals surface area contributed by atoms with Crippen LogP contribution in [0.1, 0.15) is 29.8 Å². The number of nitrogens with zero attached hydrogens (tertiary/aromatic N) is 3. The van der Waals surface area contributed by atoms with Crippen LogP contribution in [0.15, 0.2) is 48.9 Å². The van der Waals surface area contributed by atoms with Crippen LogP contribution in [0.5, 0.6) is 5.75 Å². The van der Waals surface area contributed by atoms with E-state index in [2.05, 4.69) is 31.2 Å². The van der Waals surface area contributed by atoms with Gasteiger partial charge in [-0.1, -0.05) is 6.92 Å². The van der Waals surface area contributed by atoms with Gasteiger partial charge in [-0.25, -0.2) is 14.4 Å². The molecule has 210 valence electrons. The van der Waals surface area contributed by atoms with Crippen molar-refractivity contribution in [2.45, 2.75) is 26.3 Å². The Hall–Kier alpha value is -4.58. The molecule has 0 unspecified atom stereocenters. The van der Waals surface area contributed by atoms with Crippen LogP contribution in [0.4, 0.5) is 20.3 Å². The van der Waals surface area contributed by atoms with Gasteiger partial charge in [-0.05, 0) is 56.3 Å². The summed E-state index contributed by atoms with van der Waals surface area (Å²) in [6, 6.07) is 7.30. The number of halogens is 2. The number of carbonyl (C=O) groups excluding carboxylic acids is 2. The van der Waals surface area contributed by atoms with Gasteiger partial charge in [-0.15, -0.1) is 0 Å². The molecule has 4 N–H and O–H groups in total. The van der Waals surface area contributed by atoms with Gasteiger partial charge in [-0.3, -0.25) is 14.0 Å². The quantitative estimate of drug-likeness (QED) is 0.211. The third kappa shape index (κ3) is 5.86. The minimum absolute atomic E-state index is 0.0246. The standard InChI is InChI=1S/C28H31F2N7O3/c1-5-17-14-18(6-7-19(17)28(39)35-16(2)27(38)33-11-10-31-3)36-25-26-34-15-21(37(26)13-12-32-25)20-8-9-22(40-4)24(30)23(20)29/h6-9,12-16,31H,5,10-11H2,1-4H3,(H,32,36)(H,33,38)(H,35,39)/t16-/m0/s1. The first-order chi connectivity index (χ1) is 19.3. The molecule has 4 aromatic rings. The number of nitrogens with one attached hydrogen (secondary N) is 4. The smallest absolute Gasteiger partial charge is 0.252 e. The van der Waals surface area contributed by atoms with Crippen LogP contribution in [-0.2, 0) is 11.2 Å². The first-order valence-electron chi connectivity index (χ1n) is 12.8. The van der Waals surface area contributed by atoms with Gasteiger partial charge < -0.3 is 26.0 Å². The summed E-state index contributed by atoms with van der Waals surface area (Å²) < 4.78 is 35.6. The van der Waals surface area contributed by atoms with E-state index in [9.17, 15) is 18.4 Å². The zero-order valence-corrected chi connectivity index (χ0v) is 22.6. The average molecular weight is 552 g/mol. The normalized spacial score (nSPS) is 11.8. The van der Waals surface area contributed by atoms with E-state index in [1.165, 1.54) is 31.6 Å². The number of ether oxygens (including phenoxy) is 1. The highest BCUT2D eigenvalue weighted by Crippen LogP contribution is 2.31. The topological polar surface area (TPSA) is 122 Å². The Kier molecular flexibility index (Phi) is 8.90. The van der Waals surface area contributed by atoms with Gasteiger partial charge in [0.1, 0.15) is 6.04 Å². The lowest BCUT2D eigenvalue weighted by Crippen LogP contribution is -2.46. The highest BCUT2D eigenvalue weighted by molar-refractivity contribution is 5.99. The van der Waals surface area contributed by atoms with Crippen molar-refractivity contribution in [1.82, 2.24) is 30.3 Å². The zero-order valence-electron chi connectivity index (χ0n) is 22.6. The van der Waals surface area contributed by atoms with Crippen molar-refractivity contribution in [1.29, 1.82) is 0 Å². The summed E-state index contributed by atoms with van der Waals surface area (Å²) in [4.78, 5) is 33.9. The van der Waals surface area contributed by atoms with Crippen molar-refractivity contribution >= 4 is 29.0 Å². The summed E-state index contributed by atoms with van der Waals surface area (Å²) >= 11 is 0. The van der Waals surface area contributed by atoms with E-state index in [4.69, 9.17) is 4.74 Å². The molecule has 2 aromatic carbocycles. The fourth-order valence-corrected chi connectivity index (χ4v) is 4.22. The van der Waals surface area contributed by atoms with E-state index < -0.39 is 17.7 Å². The van der Waals surface area contributed by atoms with Crippen LogP contribution in [0.25, 0.3) is 16.9 Å². The number of amides is 2. The average Bonchev–Trinajstić information content (AvgIpc) is 3.39. The van der Waals surface area contributed by atoms with Crippen molar-refractivity contribution in [3.63, 3.8) is 0 Å². The molecule has 2 aromatic heterocycles. The van der Waals surface area contributed by atoms with Crippen molar-refractivity contribution in [3.8, 4) is 17.0 Å². The number of fused-ring (bicyclic) bond motifs is 1. The molecule has 0 fully saturated rings. The maximum atomic E-state index is 14.8. The molecule has 0 aliphatic rings. The molecule has 0 bridgehead atoms. The number of hydrogen-bond acceptors (Lipinski definition) is 7. The molecule has 0 aliphatic carbocycles. The Morgan fingerprint density at radius 1 is 1.10 bits per heavy atom. The van der Waals surface area contributed by atoms with Gasteiger partial charge in [0.2, 0.25) is 11.7 Å². The van der Waals surface area contributed by atoms with Crippen molar-refractivity contribution in [2.75, 3.05) is 32.6 Å². The summed E-state index contributed by atoms with van der Waals surface area (Å²) in [7, 11) is 3.06. The number of hydrogen-bond donors (Lipinski definition) is 4. The second-order valence-corrected chi connectivity index (χ2v) is 9.00. The third-order valence-corrected chi connectivity index (χ3v) is 6.38. The van der Waals surface area contributed by atoms with E-state index >= 15 is 0 Å². The molecule has 0 saturated carbocycles. The van der Waals surface area contributed by atoms with Gasteiger partial charge in [0.05, 0.1) is 19.0 Å². The molecule has 40 heavy (non-hydrogen) atoms. The Morgan fingerprint density at radius 3 is 2.62 bits per heavy atom. The van der Waals surface area contributed by atoms with E-state index in [-0.39, 0.29) is 23.1 Å². The summed E-state index contributed by atoms with van der Waals surface area (Å²) in [5.41, 5.74) is 2.62. The molecule has 0 spiro atoms. The predicted octanol–water partition coefficient (Wildman–Crippen LogP) is 3.44. The molecule has 10 nitrogen and oxygen atoms in total. The van der Waals surface area contributed by atoms with Crippen LogP contribution in [0, 0.1) is 11.6 Å². The molecule has 4 rings (SSSR count). The van der Waals surface area contributed by atoms with Crippen molar-refractivity contribution in [2.24, 2.45) is 0 Å².